The zero-order chi connectivity index (χ0) is 31.6. The van der Waals surface area contributed by atoms with E-state index >= 15 is 0 Å². The van der Waals surface area contributed by atoms with E-state index in [1.807, 2.05) is 0 Å². The topological polar surface area (TPSA) is 151 Å². The van der Waals surface area contributed by atoms with Crippen LogP contribution in [0.3, 0.4) is 0 Å². The van der Waals surface area contributed by atoms with Crippen molar-refractivity contribution in [1.29, 1.82) is 5.26 Å². The number of aliphatic imine (C=N–C) groups is 1. The first-order chi connectivity index (χ1) is 20.4. The first-order valence-corrected chi connectivity index (χ1v) is 16.7. The first-order valence-electron chi connectivity index (χ1n) is 16.7. The summed E-state index contributed by atoms with van der Waals surface area (Å²) >= 11 is 0. The van der Waals surface area contributed by atoms with Crippen LogP contribution in [-0.2, 0) is 18.9 Å². The van der Waals surface area contributed by atoms with Gasteiger partial charge in [0.1, 0.15) is 6.04 Å². The molecule has 1 saturated heterocycles. The van der Waals surface area contributed by atoms with Crippen molar-refractivity contribution in [2.45, 2.75) is 142 Å². The van der Waals surface area contributed by atoms with Crippen molar-refractivity contribution in [3.05, 3.63) is 0 Å². The fourth-order valence-electron chi connectivity index (χ4n) is 7.43. The summed E-state index contributed by atoms with van der Waals surface area (Å²) in [4.78, 5) is 30.6. The van der Waals surface area contributed by atoms with Gasteiger partial charge in [0.25, 0.3) is 0 Å². The molecule has 4 fully saturated rings. The number of rotatable bonds is 18. The molecular weight excluding hydrogens is 543 g/mol. The van der Waals surface area contributed by atoms with Crippen molar-refractivity contribution < 1.29 is 18.9 Å². The highest BCUT2D eigenvalue weighted by Gasteiger charge is 2.68. The molecule has 1 aliphatic heterocycles. The molecule has 0 spiro atoms. The summed E-state index contributed by atoms with van der Waals surface area (Å²) in [5.41, 5.74) is 5.66. The fraction of sp³-hybridized carbons (Fsp3) is 0.875. The third-order valence-electron chi connectivity index (χ3n) is 10.2. The third kappa shape index (κ3) is 9.34. The van der Waals surface area contributed by atoms with Gasteiger partial charge in [0.2, 0.25) is 11.8 Å². The van der Waals surface area contributed by atoms with E-state index in [1.54, 1.807) is 7.05 Å². The minimum absolute atomic E-state index is 0.0412. The van der Waals surface area contributed by atoms with Crippen LogP contribution in [0.4, 0.5) is 0 Å². The predicted molar refractivity (Wildman–Crippen MR) is 171 cm³/mol. The second-order valence-electron chi connectivity index (χ2n) is 14.2. The molecule has 3 aliphatic carbocycles. The summed E-state index contributed by atoms with van der Waals surface area (Å²) in [5, 5.41) is 17.9. The average Bonchev–Trinajstić information content (AvgIpc) is 3.32. The largest absolute Gasteiger partial charge is 0.481 e. The molecule has 2 bridgehead atoms. The van der Waals surface area contributed by atoms with Crippen LogP contribution < -0.4 is 21.7 Å². The molecule has 10 nitrogen and oxygen atoms in total. The van der Waals surface area contributed by atoms with Crippen molar-refractivity contribution in [3.63, 3.8) is 0 Å². The molecule has 0 radical (unpaired) electrons. The number of amides is 2. The molecule has 1 heterocycles. The van der Waals surface area contributed by atoms with Crippen molar-refractivity contribution in [3.8, 4) is 6.07 Å². The van der Waals surface area contributed by atoms with E-state index in [1.165, 1.54) is 6.42 Å². The number of unbranched alkanes of at least 4 members (excludes halogenated alkanes) is 6. The number of carbonyl (C=O) groups excluding carboxylic acids is 2. The Hall–Kier alpha value is -2.32. The molecule has 3 saturated carbocycles. The number of nitrogens with two attached hydrogens (primary N) is 1. The van der Waals surface area contributed by atoms with Gasteiger partial charge in [0, 0.05) is 26.4 Å². The second kappa shape index (κ2) is 16.1. The van der Waals surface area contributed by atoms with Crippen LogP contribution in [0.5, 0.6) is 0 Å². The molecule has 0 aromatic carbocycles. The van der Waals surface area contributed by atoms with E-state index in [2.05, 4.69) is 61.6 Å². The van der Waals surface area contributed by atoms with Gasteiger partial charge in [-0.05, 0) is 75.0 Å². The number of nitriles is 1. The Kier molecular flexibility index (Phi) is 13.2. The van der Waals surface area contributed by atoms with E-state index in [9.17, 15) is 9.59 Å². The van der Waals surface area contributed by atoms with Gasteiger partial charge < -0.3 is 31.0 Å². The second-order valence-corrected chi connectivity index (χ2v) is 14.2. The van der Waals surface area contributed by atoms with E-state index in [-0.39, 0.29) is 34.9 Å². The van der Waals surface area contributed by atoms with Crippen LogP contribution in [-0.4, -0.2) is 62.2 Å². The van der Waals surface area contributed by atoms with Crippen molar-refractivity contribution >= 4 is 24.9 Å². The summed E-state index contributed by atoms with van der Waals surface area (Å²) in [6, 6.07) is 1.51. The lowest BCUT2D eigenvalue weighted by molar-refractivity contribution is -0.199. The van der Waals surface area contributed by atoms with Gasteiger partial charge in [-0.2, -0.15) is 5.26 Å². The molecule has 4 rings (SSSR count). The third-order valence-corrected chi connectivity index (χ3v) is 10.2. The van der Waals surface area contributed by atoms with Crippen LogP contribution in [0.15, 0.2) is 4.99 Å². The van der Waals surface area contributed by atoms with Gasteiger partial charge in [0.15, 0.2) is 5.96 Å². The molecular formula is C32H57BN6O4. The molecule has 4 aliphatic rings. The average molecular weight is 601 g/mol. The van der Waals surface area contributed by atoms with Crippen molar-refractivity contribution in [1.82, 2.24) is 16.0 Å². The van der Waals surface area contributed by atoms with Crippen LogP contribution in [0.1, 0.15) is 118 Å². The van der Waals surface area contributed by atoms with Gasteiger partial charge in [-0.25, -0.2) is 0 Å². The maximum atomic E-state index is 13.8. The minimum Gasteiger partial charge on any atom is -0.404 e. The Labute approximate surface area is 260 Å². The van der Waals surface area contributed by atoms with Crippen LogP contribution >= 0.6 is 0 Å². The molecule has 242 valence electrons. The van der Waals surface area contributed by atoms with Gasteiger partial charge in [-0.1, -0.05) is 53.4 Å². The Morgan fingerprint density at radius 2 is 1.77 bits per heavy atom. The number of carbonyl (C=O) groups is 2. The molecule has 5 N–H and O–H groups in total. The lowest BCUT2D eigenvalue weighted by Crippen LogP contribution is -2.65. The zero-order valence-electron chi connectivity index (χ0n) is 27.5. The van der Waals surface area contributed by atoms with Gasteiger partial charge in [-0.3, -0.25) is 14.6 Å². The monoisotopic (exact) mass is 600 g/mol. The summed E-state index contributed by atoms with van der Waals surface area (Å²) in [6.45, 7) is 11.7. The smallest absolute Gasteiger partial charge is 0.404 e. The Bertz CT molecular complexity index is 1000. The van der Waals surface area contributed by atoms with Gasteiger partial charge >= 0.3 is 7.12 Å². The maximum absolute atomic E-state index is 13.8. The number of hydrogen-bond donors (Lipinski definition) is 4. The highest BCUT2D eigenvalue weighted by molar-refractivity contribution is 6.48. The predicted octanol–water partition coefficient (Wildman–Crippen LogP) is 4.23. The Balaban J connectivity index is 1.59. The van der Waals surface area contributed by atoms with Crippen molar-refractivity contribution in [2.24, 2.45) is 33.9 Å². The SMILES string of the molecule is CN=C(N)NCCC[C@H](NC(=O)CCCCCCCCC#N)C(=O)N[C@@H](CC(C)C)B1O[C@@H]2C[C@@H]3C[C@@H](C3(C)C)[C@]2(C)O1. The molecule has 0 aromatic rings. The standard InChI is InChI=1S/C32H57BN6O4/c1-22(2)19-27(33-42-26-21-23-20-25(31(23,3)4)32(26,5)43-33)39-29(41)24(15-14-18-37-30(35)36-6)38-28(40)16-12-10-8-7-9-11-13-17-34/h22-27H,7-16,18-21H2,1-6H3,(H,38,40)(H,39,41)(H3,35,36,37)/t23-,24-,25-,26+,27-,32-/m0/s1. The summed E-state index contributed by atoms with van der Waals surface area (Å²) < 4.78 is 13.3. The van der Waals surface area contributed by atoms with E-state index in [0.717, 1.165) is 51.4 Å². The zero-order valence-corrected chi connectivity index (χ0v) is 27.5. The number of guanidine groups is 1. The Morgan fingerprint density at radius 1 is 1.07 bits per heavy atom. The summed E-state index contributed by atoms with van der Waals surface area (Å²) in [7, 11) is 1.11. The highest BCUT2D eigenvalue weighted by atomic mass is 16.7. The maximum Gasteiger partial charge on any atom is 0.481 e. The quantitative estimate of drug-likeness (QED) is 0.0796. The number of nitrogens with zero attached hydrogens (tertiary/aromatic N) is 2. The lowest BCUT2D eigenvalue weighted by atomic mass is 9.43. The van der Waals surface area contributed by atoms with Crippen LogP contribution in [0.25, 0.3) is 0 Å². The Morgan fingerprint density at radius 3 is 2.42 bits per heavy atom. The van der Waals surface area contributed by atoms with Crippen LogP contribution in [0, 0.1) is 34.5 Å². The summed E-state index contributed by atoms with van der Waals surface area (Å²) in [6.07, 6.45) is 10.9. The molecule has 0 aromatic heterocycles. The fourth-order valence-corrected chi connectivity index (χ4v) is 7.43. The molecule has 43 heavy (non-hydrogen) atoms. The van der Waals surface area contributed by atoms with Gasteiger partial charge in [0.05, 0.1) is 23.7 Å². The van der Waals surface area contributed by atoms with E-state index < -0.39 is 13.2 Å². The molecule has 6 atom stereocenters. The number of nitrogens with one attached hydrogen (secondary N) is 3. The minimum atomic E-state index is -0.666. The molecule has 2 amide bonds. The molecule has 11 heteroatoms. The lowest BCUT2D eigenvalue weighted by Gasteiger charge is -2.64. The van der Waals surface area contributed by atoms with Crippen LogP contribution in [0.2, 0.25) is 0 Å². The normalized spacial score (nSPS) is 27.1. The first kappa shape index (κ1) is 35.2. The number of hydrogen-bond acceptors (Lipinski definition) is 6. The molecule has 0 unspecified atom stereocenters. The van der Waals surface area contributed by atoms with Gasteiger partial charge in [-0.15, -0.1) is 0 Å². The summed E-state index contributed by atoms with van der Waals surface area (Å²) in [5.74, 6) is 1.15. The van der Waals surface area contributed by atoms with Crippen molar-refractivity contribution in [2.75, 3.05) is 13.6 Å². The van der Waals surface area contributed by atoms with E-state index in [4.69, 9.17) is 20.3 Å². The van der Waals surface area contributed by atoms with E-state index in [0.29, 0.717) is 55.9 Å². The highest BCUT2D eigenvalue weighted by Crippen LogP contribution is 2.65.